The van der Waals surface area contributed by atoms with Gasteiger partial charge >= 0.3 is 0 Å². The lowest BCUT2D eigenvalue weighted by molar-refractivity contribution is 0.300. The van der Waals surface area contributed by atoms with Crippen LogP contribution in [0.15, 0.2) is 12.2 Å². The van der Waals surface area contributed by atoms with E-state index in [1.54, 1.807) is 25.7 Å². The third-order valence-corrected chi connectivity index (χ3v) is 7.96. The molecule has 0 N–H and O–H groups in total. The zero-order valence-electron chi connectivity index (χ0n) is 9.76. The van der Waals surface area contributed by atoms with Crippen molar-refractivity contribution in [3.8, 4) is 0 Å². The smallest absolute Gasteiger partial charge is 0.0165 e. The molecule has 5 saturated carbocycles. The Morgan fingerprint density at radius 3 is 1.56 bits per heavy atom. The minimum atomic E-state index is 1.05. The van der Waals surface area contributed by atoms with Crippen molar-refractivity contribution in [3.63, 3.8) is 0 Å². The van der Waals surface area contributed by atoms with E-state index in [-0.39, 0.29) is 0 Å². The van der Waals surface area contributed by atoms with E-state index in [1.807, 2.05) is 0 Å². The first-order valence-corrected chi connectivity index (χ1v) is 7.63. The summed E-state index contributed by atoms with van der Waals surface area (Å²) in [5, 5.41) is 0. The van der Waals surface area contributed by atoms with Gasteiger partial charge in [0.05, 0.1) is 0 Å². The number of hydrogen-bond acceptors (Lipinski definition) is 0. The first-order valence-electron chi connectivity index (χ1n) is 7.63. The van der Waals surface area contributed by atoms with E-state index in [2.05, 4.69) is 12.2 Å². The topological polar surface area (TPSA) is 0 Å². The first-order chi connectivity index (χ1) is 7.95. The van der Waals surface area contributed by atoms with Gasteiger partial charge in [-0.2, -0.15) is 0 Å². The van der Waals surface area contributed by atoms with Gasteiger partial charge in [-0.15, -0.1) is 0 Å². The fourth-order valence-electron chi connectivity index (χ4n) is 8.12. The van der Waals surface area contributed by atoms with Gasteiger partial charge in [0.25, 0.3) is 0 Å². The molecule has 5 fully saturated rings. The SMILES string of the molecule is C1=C[C@H]2C3C4[C@@H]5[C@H](CC[C@H]5[C@@H]13)[C@@H]1CC[C@H]2[C@@H]41. The molecule has 0 aromatic rings. The fraction of sp³-hybridized carbons (Fsp3) is 0.875. The van der Waals surface area contributed by atoms with Gasteiger partial charge in [0.15, 0.2) is 0 Å². The summed E-state index contributed by atoms with van der Waals surface area (Å²) in [4.78, 5) is 0. The molecule has 0 radical (unpaired) electrons. The van der Waals surface area contributed by atoms with E-state index < -0.39 is 0 Å². The molecule has 84 valence electrons. The van der Waals surface area contributed by atoms with Crippen molar-refractivity contribution < 1.29 is 0 Å². The lowest BCUT2D eigenvalue weighted by atomic mass is 9.84. The Balaban J connectivity index is 1.65. The summed E-state index contributed by atoms with van der Waals surface area (Å²) in [6.07, 6.45) is 11.8. The lowest BCUT2D eigenvalue weighted by Gasteiger charge is -2.20. The Hall–Kier alpha value is -0.260. The van der Waals surface area contributed by atoms with Crippen LogP contribution >= 0.6 is 0 Å². The van der Waals surface area contributed by atoms with E-state index in [4.69, 9.17) is 0 Å². The first kappa shape index (κ1) is 7.95. The maximum atomic E-state index is 2.67. The summed E-state index contributed by atoms with van der Waals surface area (Å²) in [7, 11) is 0. The summed E-state index contributed by atoms with van der Waals surface area (Å²) >= 11 is 0. The minimum Gasteiger partial charge on any atom is -0.0845 e. The van der Waals surface area contributed by atoms with Gasteiger partial charge in [0.1, 0.15) is 0 Å². The highest BCUT2D eigenvalue weighted by molar-refractivity contribution is 5.28. The zero-order chi connectivity index (χ0) is 10.0. The zero-order valence-corrected chi connectivity index (χ0v) is 9.76. The van der Waals surface area contributed by atoms with Crippen molar-refractivity contribution in [3.05, 3.63) is 12.2 Å². The van der Waals surface area contributed by atoms with E-state index in [0.29, 0.717) is 0 Å². The Morgan fingerprint density at radius 2 is 1.00 bits per heavy atom. The van der Waals surface area contributed by atoms with Crippen LogP contribution in [0.3, 0.4) is 0 Å². The van der Waals surface area contributed by atoms with Crippen LogP contribution in [0.25, 0.3) is 0 Å². The van der Waals surface area contributed by atoms with Crippen molar-refractivity contribution in [2.24, 2.45) is 59.2 Å². The minimum absolute atomic E-state index is 1.05. The van der Waals surface area contributed by atoms with Gasteiger partial charge in [0, 0.05) is 0 Å². The number of rotatable bonds is 0. The lowest BCUT2D eigenvalue weighted by Crippen LogP contribution is -2.15. The van der Waals surface area contributed by atoms with Crippen LogP contribution < -0.4 is 0 Å². The van der Waals surface area contributed by atoms with Gasteiger partial charge in [-0.25, -0.2) is 0 Å². The van der Waals surface area contributed by atoms with Gasteiger partial charge in [-0.1, -0.05) is 12.2 Å². The number of fused-ring (bicyclic) bond motifs is 3. The average Bonchev–Trinajstić information content (AvgIpc) is 2.97. The van der Waals surface area contributed by atoms with Crippen molar-refractivity contribution in [1.29, 1.82) is 0 Å². The van der Waals surface area contributed by atoms with E-state index in [0.717, 1.165) is 29.6 Å². The summed E-state index contributed by atoms with van der Waals surface area (Å²) in [5.74, 6) is 11.6. The van der Waals surface area contributed by atoms with Crippen LogP contribution in [0.4, 0.5) is 0 Å². The third-order valence-electron chi connectivity index (χ3n) is 7.96. The molecule has 0 aromatic carbocycles. The molecule has 0 heterocycles. The highest BCUT2D eigenvalue weighted by Crippen LogP contribution is 2.78. The Labute approximate surface area is 97.5 Å². The second kappa shape index (κ2) is 2.18. The largest absolute Gasteiger partial charge is 0.0845 e. The molecular weight excluding hydrogens is 192 g/mol. The fourth-order valence-corrected chi connectivity index (χ4v) is 8.12. The molecule has 10 atom stereocenters. The van der Waals surface area contributed by atoms with E-state index >= 15 is 0 Å². The molecule has 0 aromatic heterocycles. The highest BCUT2D eigenvalue weighted by atomic mass is 14.8. The number of hydrogen-bond donors (Lipinski definition) is 0. The second-order valence-electron chi connectivity index (χ2n) is 7.66. The standard InChI is InChI=1S/C16H20/c1-2-8-10-5-6-12-11-4-3-9-7(1)13(8)16(14(9)11)15(10)12/h1-2,7-16H,3-6H2/t7-,8-,9-,10+,11+,12-,13?,14-,15+,16?/m1/s1. The molecule has 0 saturated heterocycles. The normalized spacial score (nSPS) is 75.5. The molecule has 16 heavy (non-hydrogen) atoms. The molecule has 0 amide bonds. The second-order valence-corrected chi connectivity index (χ2v) is 7.66. The van der Waals surface area contributed by atoms with Crippen molar-refractivity contribution >= 4 is 0 Å². The van der Waals surface area contributed by atoms with Crippen LogP contribution in [-0.4, -0.2) is 0 Å². The van der Waals surface area contributed by atoms with E-state index in [9.17, 15) is 0 Å². The Morgan fingerprint density at radius 1 is 0.500 bits per heavy atom. The summed E-state index contributed by atoms with van der Waals surface area (Å²) in [6, 6.07) is 0. The molecule has 0 nitrogen and oxygen atoms in total. The van der Waals surface area contributed by atoms with Crippen LogP contribution in [0.1, 0.15) is 25.7 Å². The molecule has 0 heteroatoms. The Kier molecular flexibility index (Phi) is 1.08. The van der Waals surface area contributed by atoms with Gasteiger partial charge < -0.3 is 0 Å². The van der Waals surface area contributed by atoms with Crippen molar-refractivity contribution in [1.82, 2.24) is 0 Å². The van der Waals surface area contributed by atoms with Crippen LogP contribution in [0, 0.1) is 59.2 Å². The van der Waals surface area contributed by atoms with Crippen LogP contribution in [0.2, 0.25) is 0 Å². The third kappa shape index (κ3) is 0.567. The van der Waals surface area contributed by atoms with Gasteiger partial charge in [-0.05, 0) is 84.9 Å². The van der Waals surface area contributed by atoms with Gasteiger partial charge in [0.2, 0.25) is 0 Å². The molecular formula is C16H20. The molecule has 0 spiro atoms. The molecule has 6 rings (SSSR count). The quantitative estimate of drug-likeness (QED) is 0.540. The number of allylic oxidation sites excluding steroid dienone is 2. The highest BCUT2D eigenvalue weighted by Gasteiger charge is 2.73. The van der Waals surface area contributed by atoms with Crippen LogP contribution in [-0.2, 0) is 0 Å². The summed E-state index contributed by atoms with van der Waals surface area (Å²) in [5.41, 5.74) is 0. The average molecular weight is 212 g/mol. The van der Waals surface area contributed by atoms with Gasteiger partial charge in [-0.3, -0.25) is 0 Å². The van der Waals surface area contributed by atoms with Crippen molar-refractivity contribution in [2.75, 3.05) is 0 Å². The maximum Gasteiger partial charge on any atom is -0.0165 e. The predicted molar refractivity (Wildman–Crippen MR) is 62.5 cm³/mol. The molecule has 0 bridgehead atoms. The van der Waals surface area contributed by atoms with Crippen molar-refractivity contribution in [2.45, 2.75) is 25.7 Å². The van der Waals surface area contributed by atoms with Crippen LogP contribution in [0.5, 0.6) is 0 Å². The molecule has 0 aliphatic heterocycles. The maximum absolute atomic E-state index is 2.67. The monoisotopic (exact) mass is 212 g/mol. The molecule has 6 aliphatic carbocycles. The Bertz CT molecular complexity index is 372. The molecule has 2 unspecified atom stereocenters. The molecule has 6 aliphatic rings. The summed E-state index contributed by atoms with van der Waals surface area (Å²) in [6.45, 7) is 0. The van der Waals surface area contributed by atoms with E-state index in [1.165, 1.54) is 29.6 Å². The predicted octanol–water partition coefficient (Wildman–Crippen LogP) is 3.35. The summed E-state index contributed by atoms with van der Waals surface area (Å²) < 4.78 is 0.